The van der Waals surface area contributed by atoms with Gasteiger partial charge in [-0.05, 0) is 36.6 Å². The molecule has 1 unspecified atom stereocenters. The lowest BCUT2D eigenvalue weighted by molar-refractivity contribution is 0.451. The fraction of sp³-hybridized carbons (Fsp3) is 0.538. The van der Waals surface area contributed by atoms with Crippen LogP contribution >= 0.6 is 23.2 Å². The number of halogens is 2. The third-order valence-electron chi connectivity index (χ3n) is 2.77. The summed E-state index contributed by atoms with van der Waals surface area (Å²) in [6.07, 6.45) is 2.27. The van der Waals surface area contributed by atoms with Crippen LogP contribution in [0.2, 0.25) is 5.02 Å². The van der Waals surface area contributed by atoms with E-state index in [9.17, 15) is 0 Å². The minimum Gasteiger partial charge on any atom is -0.312 e. The second-order valence-electron chi connectivity index (χ2n) is 4.01. The van der Waals surface area contributed by atoms with Crippen molar-refractivity contribution in [2.24, 2.45) is 5.92 Å². The average Bonchev–Trinajstić information content (AvgIpc) is 2.30. The molecule has 0 amide bonds. The molecule has 0 aromatic heterocycles. The van der Waals surface area contributed by atoms with Crippen molar-refractivity contribution in [3.05, 3.63) is 34.9 Å². The van der Waals surface area contributed by atoms with Crippen molar-refractivity contribution >= 4 is 23.2 Å². The Morgan fingerprint density at radius 1 is 1.25 bits per heavy atom. The van der Waals surface area contributed by atoms with E-state index in [0.29, 0.717) is 5.92 Å². The molecule has 0 aliphatic heterocycles. The smallest absolute Gasteiger partial charge is 0.0406 e. The summed E-state index contributed by atoms with van der Waals surface area (Å²) in [5.74, 6) is 1.44. The average molecular weight is 260 g/mol. The second-order valence-corrected chi connectivity index (χ2v) is 4.82. The minimum atomic E-state index is 0.685. The molecular formula is C13H19Cl2N. The molecule has 0 aliphatic carbocycles. The number of nitrogens with one attached hydrogen (secondary N) is 1. The van der Waals surface area contributed by atoms with E-state index in [1.807, 2.05) is 12.1 Å². The highest BCUT2D eigenvalue weighted by Crippen LogP contribution is 2.10. The Kier molecular flexibility index (Phi) is 6.86. The lowest BCUT2D eigenvalue weighted by Gasteiger charge is -2.14. The molecule has 1 nitrogen and oxygen atoms in total. The number of hydrogen-bond donors (Lipinski definition) is 1. The summed E-state index contributed by atoms with van der Waals surface area (Å²) in [5, 5.41) is 4.24. The van der Waals surface area contributed by atoms with Crippen LogP contribution in [0.25, 0.3) is 0 Å². The van der Waals surface area contributed by atoms with Crippen LogP contribution in [-0.2, 0) is 6.54 Å². The van der Waals surface area contributed by atoms with Crippen molar-refractivity contribution in [2.75, 3.05) is 12.4 Å². The summed E-state index contributed by atoms with van der Waals surface area (Å²) >= 11 is 11.6. The van der Waals surface area contributed by atoms with Crippen LogP contribution in [0.5, 0.6) is 0 Å². The molecule has 0 fully saturated rings. The van der Waals surface area contributed by atoms with E-state index in [1.54, 1.807) is 0 Å². The third-order valence-corrected chi connectivity index (χ3v) is 3.24. The van der Waals surface area contributed by atoms with Gasteiger partial charge in [0.1, 0.15) is 0 Å². The zero-order valence-corrected chi connectivity index (χ0v) is 11.2. The molecule has 1 aromatic carbocycles. The number of hydrogen-bond acceptors (Lipinski definition) is 1. The molecular weight excluding hydrogens is 241 g/mol. The molecule has 1 N–H and O–H groups in total. The molecule has 0 aliphatic rings. The highest BCUT2D eigenvalue weighted by molar-refractivity contribution is 6.30. The van der Waals surface area contributed by atoms with E-state index in [4.69, 9.17) is 23.2 Å². The predicted octanol–water partition coefficient (Wildman–Crippen LogP) is 4.08. The van der Waals surface area contributed by atoms with E-state index in [0.717, 1.165) is 30.4 Å². The van der Waals surface area contributed by atoms with Gasteiger partial charge in [-0.2, -0.15) is 0 Å². The molecule has 90 valence electrons. The van der Waals surface area contributed by atoms with Gasteiger partial charge in [-0.25, -0.2) is 0 Å². The van der Waals surface area contributed by atoms with Crippen LogP contribution < -0.4 is 5.32 Å². The summed E-state index contributed by atoms with van der Waals surface area (Å²) in [6.45, 7) is 4.14. The first-order valence-corrected chi connectivity index (χ1v) is 6.68. The van der Waals surface area contributed by atoms with E-state index >= 15 is 0 Å². The van der Waals surface area contributed by atoms with Gasteiger partial charge in [0.05, 0.1) is 0 Å². The Balaban J connectivity index is 2.26. The summed E-state index contributed by atoms with van der Waals surface area (Å²) in [4.78, 5) is 0. The van der Waals surface area contributed by atoms with Gasteiger partial charge in [-0.3, -0.25) is 0 Å². The Hall–Kier alpha value is -0.240. The summed E-state index contributed by atoms with van der Waals surface area (Å²) < 4.78 is 0. The third kappa shape index (κ3) is 5.20. The first-order valence-electron chi connectivity index (χ1n) is 5.77. The zero-order valence-electron chi connectivity index (χ0n) is 9.68. The van der Waals surface area contributed by atoms with Gasteiger partial charge in [-0.1, -0.05) is 37.1 Å². The summed E-state index contributed by atoms with van der Waals surface area (Å²) in [7, 11) is 0. The highest BCUT2D eigenvalue weighted by Gasteiger charge is 2.04. The van der Waals surface area contributed by atoms with Crippen molar-refractivity contribution in [3.8, 4) is 0 Å². The van der Waals surface area contributed by atoms with E-state index < -0.39 is 0 Å². The quantitative estimate of drug-likeness (QED) is 0.728. The normalized spacial score (nSPS) is 12.7. The van der Waals surface area contributed by atoms with Crippen LogP contribution in [0.4, 0.5) is 0 Å². The van der Waals surface area contributed by atoms with E-state index in [1.165, 1.54) is 12.0 Å². The highest BCUT2D eigenvalue weighted by atomic mass is 35.5. The van der Waals surface area contributed by atoms with Crippen molar-refractivity contribution in [1.29, 1.82) is 0 Å². The molecule has 1 atom stereocenters. The molecule has 1 rings (SSSR count). The second kappa shape index (κ2) is 7.94. The van der Waals surface area contributed by atoms with Gasteiger partial charge >= 0.3 is 0 Å². The van der Waals surface area contributed by atoms with Crippen molar-refractivity contribution in [2.45, 2.75) is 26.3 Å². The number of benzene rings is 1. The minimum absolute atomic E-state index is 0.685. The fourth-order valence-electron chi connectivity index (χ4n) is 1.63. The summed E-state index contributed by atoms with van der Waals surface area (Å²) in [6, 6.07) is 7.96. The van der Waals surface area contributed by atoms with Crippen molar-refractivity contribution in [3.63, 3.8) is 0 Å². The molecule has 0 radical (unpaired) electrons. The zero-order chi connectivity index (χ0) is 11.8. The fourth-order valence-corrected chi connectivity index (χ4v) is 2.06. The Bertz CT molecular complexity index is 284. The standard InChI is InChI=1S/C13H19Cl2N/c1-2-11(7-8-14)9-16-10-12-3-5-13(15)6-4-12/h3-6,11,16H,2,7-10H2,1H3. The number of alkyl halides is 1. The van der Waals surface area contributed by atoms with Crippen LogP contribution in [0, 0.1) is 5.92 Å². The van der Waals surface area contributed by atoms with Gasteiger partial charge in [0.15, 0.2) is 0 Å². The van der Waals surface area contributed by atoms with Crippen molar-refractivity contribution < 1.29 is 0 Å². The first-order chi connectivity index (χ1) is 7.76. The van der Waals surface area contributed by atoms with E-state index in [-0.39, 0.29) is 0 Å². The monoisotopic (exact) mass is 259 g/mol. The Morgan fingerprint density at radius 2 is 1.94 bits per heavy atom. The van der Waals surface area contributed by atoms with Gasteiger partial charge in [0.2, 0.25) is 0 Å². The molecule has 16 heavy (non-hydrogen) atoms. The lowest BCUT2D eigenvalue weighted by Crippen LogP contribution is -2.22. The molecule has 0 saturated carbocycles. The largest absolute Gasteiger partial charge is 0.312 e. The molecule has 3 heteroatoms. The lowest BCUT2D eigenvalue weighted by atomic mass is 10.0. The van der Waals surface area contributed by atoms with E-state index in [2.05, 4.69) is 24.4 Å². The molecule has 1 aromatic rings. The van der Waals surface area contributed by atoms with Crippen LogP contribution in [0.3, 0.4) is 0 Å². The molecule has 0 heterocycles. The van der Waals surface area contributed by atoms with Gasteiger partial charge in [-0.15, -0.1) is 11.6 Å². The molecule has 0 bridgehead atoms. The topological polar surface area (TPSA) is 12.0 Å². The van der Waals surface area contributed by atoms with Gasteiger partial charge < -0.3 is 5.32 Å². The Labute approximate surface area is 108 Å². The maximum absolute atomic E-state index is 5.82. The number of rotatable bonds is 7. The first kappa shape index (κ1) is 13.8. The van der Waals surface area contributed by atoms with Gasteiger partial charge in [0, 0.05) is 17.4 Å². The maximum atomic E-state index is 5.82. The summed E-state index contributed by atoms with van der Waals surface area (Å²) in [5.41, 5.74) is 1.27. The predicted molar refractivity (Wildman–Crippen MR) is 72.3 cm³/mol. The molecule has 0 spiro atoms. The van der Waals surface area contributed by atoms with Crippen molar-refractivity contribution in [1.82, 2.24) is 5.32 Å². The van der Waals surface area contributed by atoms with Crippen LogP contribution in [-0.4, -0.2) is 12.4 Å². The van der Waals surface area contributed by atoms with Crippen LogP contribution in [0.1, 0.15) is 25.3 Å². The van der Waals surface area contributed by atoms with Crippen LogP contribution in [0.15, 0.2) is 24.3 Å². The SMILES string of the molecule is CCC(CCCl)CNCc1ccc(Cl)cc1. The Morgan fingerprint density at radius 3 is 2.50 bits per heavy atom. The van der Waals surface area contributed by atoms with Gasteiger partial charge in [0.25, 0.3) is 0 Å². The molecule has 0 saturated heterocycles. The maximum Gasteiger partial charge on any atom is 0.0406 e.